The standard InChI is InChI=1S/C23H24FN7O2/c1-15-26-27-28-31(15)21(14-16-6-8-17(24)9-7-16)22(32)29-12-10-18(11-13-29)30-20-5-3-2-4-19(20)25-23(30)33/h2-9,18,21H,10-14H2,1H3,(H,25,33)/t21-/m0/s1. The fourth-order valence-electron chi connectivity index (χ4n) is 4.64. The Bertz CT molecular complexity index is 1330. The number of tetrazole rings is 1. The maximum atomic E-state index is 13.6. The van der Waals surface area contributed by atoms with Crippen molar-refractivity contribution >= 4 is 16.9 Å². The van der Waals surface area contributed by atoms with E-state index in [0.29, 0.717) is 38.2 Å². The number of hydrogen-bond donors (Lipinski definition) is 1. The number of carbonyl (C=O) groups excluding carboxylic acids is 1. The molecule has 0 saturated carbocycles. The first-order valence-electron chi connectivity index (χ1n) is 11.0. The summed E-state index contributed by atoms with van der Waals surface area (Å²) in [6, 6.07) is 13.1. The minimum atomic E-state index is -0.627. The number of benzene rings is 2. The third-order valence-electron chi connectivity index (χ3n) is 6.35. The van der Waals surface area contributed by atoms with Crippen molar-refractivity contribution < 1.29 is 9.18 Å². The van der Waals surface area contributed by atoms with Gasteiger partial charge in [-0.3, -0.25) is 9.36 Å². The van der Waals surface area contributed by atoms with Crippen LogP contribution in [-0.4, -0.2) is 53.7 Å². The van der Waals surface area contributed by atoms with Crippen LogP contribution < -0.4 is 5.69 Å². The smallest absolute Gasteiger partial charge is 0.326 e. The highest BCUT2D eigenvalue weighted by Gasteiger charge is 2.32. The Hall–Kier alpha value is -3.82. The van der Waals surface area contributed by atoms with Gasteiger partial charge in [-0.25, -0.2) is 13.9 Å². The summed E-state index contributed by atoms with van der Waals surface area (Å²) in [4.78, 5) is 30.8. The zero-order valence-electron chi connectivity index (χ0n) is 18.2. The highest BCUT2D eigenvalue weighted by molar-refractivity contribution is 5.81. The number of H-pyrrole nitrogens is 1. The van der Waals surface area contributed by atoms with Crippen molar-refractivity contribution in [2.24, 2.45) is 0 Å². The molecule has 1 aliphatic heterocycles. The van der Waals surface area contributed by atoms with Crippen LogP contribution in [0.15, 0.2) is 53.3 Å². The number of hydrogen-bond acceptors (Lipinski definition) is 5. The van der Waals surface area contributed by atoms with Crippen molar-refractivity contribution in [1.29, 1.82) is 0 Å². The van der Waals surface area contributed by atoms with E-state index in [-0.39, 0.29) is 23.5 Å². The Morgan fingerprint density at radius 1 is 1.15 bits per heavy atom. The number of likely N-dealkylation sites (tertiary alicyclic amines) is 1. The lowest BCUT2D eigenvalue weighted by atomic mass is 10.0. The van der Waals surface area contributed by atoms with Crippen molar-refractivity contribution in [2.75, 3.05) is 13.1 Å². The molecule has 10 heteroatoms. The second-order valence-corrected chi connectivity index (χ2v) is 8.39. The fraction of sp³-hybridized carbons (Fsp3) is 0.348. The van der Waals surface area contributed by atoms with Gasteiger partial charge in [-0.2, -0.15) is 0 Å². The molecule has 0 spiro atoms. The summed E-state index contributed by atoms with van der Waals surface area (Å²) in [5.74, 6) is 0.130. The van der Waals surface area contributed by atoms with E-state index >= 15 is 0 Å². The predicted molar refractivity (Wildman–Crippen MR) is 119 cm³/mol. The van der Waals surface area contributed by atoms with Crippen molar-refractivity contribution in [3.63, 3.8) is 0 Å². The third-order valence-corrected chi connectivity index (χ3v) is 6.35. The maximum absolute atomic E-state index is 13.6. The van der Waals surface area contributed by atoms with E-state index in [0.717, 1.165) is 16.6 Å². The summed E-state index contributed by atoms with van der Waals surface area (Å²) in [7, 11) is 0. The molecule has 5 rings (SSSR count). The summed E-state index contributed by atoms with van der Waals surface area (Å²) in [6.45, 7) is 2.80. The molecule has 0 aliphatic carbocycles. The van der Waals surface area contributed by atoms with Crippen LogP contribution in [0.1, 0.15) is 36.3 Å². The summed E-state index contributed by atoms with van der Waals surface area (Å²) in [5, 5.41) is 11.7. The molecular weight excluding hydrogens is 425 g/mol. The zero-order chi connectivity index (χ0) is 22.9. The van der Waals surface area contributed by atoms with Crippen molar-refractivity contribution in [3.05, 3.63) is 76.2 Å². The number of piperidine rings is 1. The summed E-state index contributed by atoms with van der Waals surface area (Å²) in [6.07, 6.45) is 1.70. The van der Waals surface area contributed by atoms with E-state index < -0.39 is 6.04 Å². The number of halogens is 1. The molecule has 1 N–H and O–H groups in total. The Morgan fingerprint density at radius 2 is 1.88 bits per heavy atom. The quantitative estimate of drug-likeness (QED) is 0.504. The molecule has 33 heavy (non-hydrogen) atoms. The van der Waals surface area contributed by atoms with Gasteiger partial charge in [0.2, 0.25) is 5.91 Å². The molecule has 2 aromatic heterocycles. The average Bonchev–Trinajstić information content (AvgIpc) is 3.40. The number of imidazole rings is 1. The van der Waals surface area contributed by atoms with Gasteiger partial charge in [-0.05, 0) is 60.0 Å². The third kappa shape index (κ3) is 4.04. The van der Waals surface area contributed by atoms with E-state index in [1.165, 1.54) is 16.8 Å². The maximum Gasteiger partial charge on any atom is 0.326 e. The Kier molecular flexibility index (Phi) is 5.49. The normalized spacial score (nSPS) is 15.8. The molecule has 1 fully saturated rings. The molecule has 3 heterocycles. The first-order valence-corrected chi connectivity index (χ1v) is 11.0. The van der Waals surface area contributed by atoms with Crippen LogP contribution >= 0.6 is 0 Å². The second-order valence-electron chi connectivity index (χ2n) is 8.39. The second kappa shape index (κ2) is 8.61. The molecule has 1 saturated heterocycles. The number of aromatic amines is 1. The van der Waals surface area contributed by atoms with Gasteiger partial charge >= 0.3 is 5.69 Å². The number of rotatable bonds is 5. The van der Waals surface area contributed by atoms with E-state index in [4.69, 9.17) is 0 Å². The predicted octanol–water partition coefficient (Wildman–Crippen LogP) is 2.41. The van der Waals surface area contributed by atoms with E-state index in [2.05, 4.69) is 20.5 Å². The van der Waals surface area contributed by atoms with Crippen LogP contribution in [-0.2, 0) is 11.2 Å². The largest absolute Gasteiger partial charge is 0.341 e. The topological polar surface area (TPSA) is 102 Å². The Labute approximate surface area is 188 Å². The average molecular weight is 449 g/mol. The Balaban J connectivity index is 1.35. The molecule has 9 nitrogen and oxygen atoms in total. The number of nitrogens with one attached hydrogen (secondary N) is 1. The lowest BCUT2D eigenvalue weighted by Crippen LogP contribution is -2.44. The summed E-state index contributed by atoms with van der Waals surface area (Å²) in [5.41, 5.74) is 2.39. The first-order chi connectivity index (χ1) is 16.0. The molecule has 0 bridgehead atoms. The number of nitrogens with zero attached hydrogens (tertiary/aromatic N) is 6. The monoisotopic (exact) mass is 449 g/mol. The number of para-hydroxylation sites is 2. The molecule has 2 aromatic carbocycles. The van der Waals surface area contributed by atoms with E-state index in [9.17, 15) is 14.0 Å². The fourth-order valence-corrected chi connectivity index (χ4v) is 4.64. The molecule has 0 radical (unpaired) electrons. The van der Waals surface area contributed by atoms with Crippen molar-refractivity contribution in [3.8, 4) is 0 Å². The van der Waals surface area contributed by atoms with Crippen molar-refractivity contribution in [2.45, 2.75) is 38.3 Å². The lowest BCUT2D eigenvalue weighted by Gasteiger charge is -2.34. The number of aryl methyl sites for hydroxylation is 1. The van der Waals surface area contributed by atoms with Crippen LogP contribution in [0.3, 0.4) is 0 Å². The van der Waals surface area contributed by atoms with E-state index in [1.54, 1.807) is 23.6 Å². The van der Waals surface area contributed by atoms with Gasteiger partial charge in [0, 0.05) is 25.6 Å². The van der Waals surface area contributed by atoms with Crippen molar-refractivity contribution in [1.82, 2.24) is 34.7 Å². The van der Waals surface area contributed by atoms with Gasteiger partial charge in [0.1, 0.15) is 17.7 Å². The van der Waals surface area contributed by atoms with Gasteiger partial charge in [-0.1, -0.05) is 24.3 Å². The molecule has 4 aromatic rings. The SMILES string of the molecule is Cc1nnnn1[C@@H](Cc1ccc(F)cc1)C(=O)N1CCC(n2c(=O)[nH]c3ccccc32)CC1. The molecule has 1 aliphatic rings. The highest BCUT2D eigenvalue weighted by atomic mass is 19.1. The molecular formula is C23H24FN7O2. The van der Waals surface area contributed by atoms with Crippen LogP contribution in [0.4, 0.5) is 4.39 Å². The first kappa shape index (κ1) is 21.0. The van der Waals surface area contributed by atoms with Gasteiger partial charge in [0.25, 0.3) is 0 Å². The van der Waals surface area contributed by atoms with Crippen LogP contribution in [0, 0.1) is 12.7 Å². The minimum Gasteiger partial charge on any atom is -0.341 e. The molecule has 0 unspecified atom stereocenters. The molecule has 170 valence electrons. The van der Waals surface area contributed by atoms with Gasteiger partial charge < -0.3 is 9.88 Å². The van der Waals surface area contributed by atoms with Gasteiger partial charge in [0.15, 0.2) is 0 Å². The molecule has 1 atom stereocenters. The van der Waals surface area contributed by atoms with Crippen LogP contribution in [0.5, 0.6) is 0 Å². The highest BCUT2D eigenvalue weighted by Crippen LogP contribution is 2.27. The summed E-state index contributed by atoms with van der Waals surface area (Å²) >= 11 is 0. The molecule has 1 amide bonds. The number of aromatic nitrogens is 6. The van der Waals surface area contributed by atoms with E-state index in [1.807, 2.05) is 29.2 Å². The van der Waals surface area contributed by atoms with Crippen LogP contribution in [0.2, 0.25) is 0 Å². The number of fused-ring (bicyclic) bond motifs is 1. The van der Waals surface area contributed by atoms with Crippen LogP contribution in [0.25, 0.3) is 11.0 Å². The number of amides is 1. The number of carbonyl (C=O) groups is 1. The zero-order valence-corrected chi connectivity index (χ0v) is 18.2. The summed E-state index contributed by atoms with van der Waals surface area (Å²) < 4.78 is 16.7. The Morgan fingerprint density at radius 3 is 2.58 bits per heavy atom. The lowest BCUT2D eigenvalue weighted by molar-refractivity contribution is -0.136. The minimum absolute atomic E-state index is 0.0167. The van der Waals surface area contributed by atoms with Gasteiger partial charge in [0.05, 0.1) is 11.0 Å². The van der Waals surface area contributed by atoms with Gasteiger partial charge in [-0.15, -0.1) is 5.10 Å².